The van der Waals surface area contributed by atoms with Gasteiger partial charge in [-0.25, -0.2) is 4.79 Å². The highest BCUT2D eigenvalue weighted by atomic mass is 16.5. The maximum Gasteiger partial charge on any atom is 0.332 e. The predicted octanol–water partition coefficient (Wildman–Crippen LogP) is 4.65. The molecule has 7 nitrogen and oxygen atoms in total. The molecule has 1 unspecified atom stereocenters. The van der Waals surface area contributed by atoms with Gasteiger partial charge in [0.2, 0.25) is 0 Å². The van der Waals surface area contributed by atoms with Gasteiger partial charge in [0.25, 0.3) is 0 Å². The molecule has 7 heteroatoms. The molecular weight excluding hydrogens is 418 g/mol. The van der Waals surface area contributed by atoms with Gasteiger partial charge in [-0.05, 0) is 74.5 Å². The van der Waals surface area contributed by atoms with Crippen LogP contribution in [0.15, 0.2) is 72.8 Å². The van der Waals surface area contributed by atoms with Crippen LogP contribution in [0.3, 0.4) is 0 Å². The van der Waals surface area contributed by atoms with Crippen LogP contribution in [-0.2, 0) is 5.72 Å². The second-order valence-corrected chi connectivity index (χ2v) is 8.27. The first-order valence-corrected chi connectivity index (χ1v) is 10.4. The molecule has 3 aromatic rings. The van der Waals surface area contributed by atoms with E-state index in [2.05, 4.69) is 6.07 Å². The molecule has 33 heavy (non-hydrogen) atoms. The lowest BCUT2D eigenvalue weighted by Gasteiger charge is -2.42. The minimum Gasteiger partial charge on any atom is -0.497 e. The van der Waals surface area contributed by atoms with E-state index in [1.54, 1.807) is 106 Å². The van der Waals surface area contributed by atoms with E-state index in [0.717, 1.165) is 0 Å². The van der Waals surface area contributed by atoms with Gasteiger partial charge in [0.15, 0.2) is 5.72 Å². The molecule has 1 N–H and O–H groups in total. The molecule has 0 aliphatic carbocycles. The van der Waals surface area contributed by atoms with Gasteiger partial charge in [-0.1, -0.05) is 12.1 Å². The summed E-state index contributed by atoms with van der Waals surface area (Å²) in [5.74, 6) is 1.29. The zero-order chi connectivity index (χ0) is 23.8. The fourth-order valence-electron chi connectivity index (χ4n) is 4.39. The van der Waals surface area contributed by atoms with Crippen molar-refractivity contribution in [2.75, 3.05) is 24.0 Å². The Morgan fingerprint density at radius 1 is 0.848 bits per heavy atom. The first kappa shape index (κ1) is 22.2. The predicted molar refractivity (Wildman–Crippen MR) is 125 cm³/mol. The Hall–Kier alpha value is -4.02. The van der Waals surface area contributed by atoms with Gasteiger partial charge in [-0.3, -0.25) is 9.80 Å². The number of hydrogen-bond acceptors (Lipinski definition) is 5. The summed E-state index contributed by atoms with van der Waals surface area (Å²) in [6, 6.07) is 22.4. The number of anilines is 2. The average Bonchev–Trinajstić information content (AvgIpc) is 3.00. The number of urea groups is 1. The Kier molecular flexibility index (Phi) is 5.48. The summed E-state index contributed by atoms with van der Waals surface area (Å²) in [4.78, 5) is 16.9. The third-order valence-electron chi connectivity index (χ3n) is 6.17. The molecule has 0 radical (unpaired) electrons. The van der Waals surface area contributed by atoms with Crippen LogP contribution in [0, 0.1) is 11.3 Å². The van der Waals surface area contributed by atoms with E-state index < -0.39 is 17.3 Å². The molecule has 0 saturated carbocycles. The van der Waals surface area contributed by atoms with Crippen LogP contribution < -0.4 is 19.3 Å². The number of aliphatic hydroxyl groups is 1. The van der Waals surface area contributed by atoms with E-state index in [1.165, 1.54) is 4.90 Å². The van der Waals surface area contributed by atoms with Crippen LogP contribution >= 0.6 is 0 Å². The first-order chi connectivity index (χ1) is 15.8. The monoisotopic (exact) mass is 443 g/mol. The second-order valence-electron chi connectivity index (χ2n) is 8.27. The molecule has 2 amide bonds. The van der Waals surface area contributed by atoms with Crippen LogP contribution in [-0.4, -0.2) is 30.9 Å². The van der Waals surface area contributed by atoms with Crippen molar-refractivity contribution >= 4 is 17.4 Å². The highest BCUT2D eigenvalue weighted by molar-refractivity contribution is 6.09. The third kappa shape index (κ3) is 3.36. The van der Waals surface area contributed by atoms with Crippen molar-refractivity contribution in [3.05, 3.63) is 83.9 Å². The van der Waals surface area contributed by atoms with Crippen molar-refractivity contribution in [3.8, 4) is 17.6 Å². The van der Waals surface area contributed by atoms with Crippen LogP contribution in [0.5, 0.6) is 11.5 Å². The smallest absolute Gasteiger partial charge is 0.332 e. The summed E-state index contributed by atoms with van der Waals surface area (Å²) in [6.07, 6.45) is 0. The Bertz CT molecular complexity index is 1220. The number of nitriles is 1. The van der Waals surface area contributed by atoms with Crippen LogP contribution in [0.4, 0.5) is 16.2 Å². The zero-order valence-electron chi connectivity index (χ0n) is 18.9. The van der Waals surface area contributed by atoms with Crippen LogP contribution in [0.2, 0.25) is 0 Å². The molecule has 1 heterocycles. The minimum atomic E-state index is -1.79. The maximum atomic E-state index is 13.9. The average molecular weight is 444 g/mol. The molecule has 0 bridgehead atoms. The van der Waals surface area contributed by atoms with Gasteiger partial charge in [0.05, 0.1) is 31.4 Å². The number of methoxy groups -OCH3 is 2. The SMILES string of the molecule is COc1ccc(N2C(=O)N(c3ccc(OC)cc3)C(O)(c3cccc(C#N)c3)C2(C)C)cc1. The Morgan fingerprint density at radius 2 is 1.36 bits per heavy atom. The fourth-order valence-corrected chi connectivity index (χ4v) is 4.39. The molecule has 1 aliphatic heterocycles. The molecule has 4 rings (SSSR count). The molecule has 1 saturated heterocycles. The number of rotatable bonds is 5. The highest BCUT2D eigenvalue weighted by Gasteiger charge is 2.64. The normalized spacial score (nSPS) is 19.3. The lowest BCUT2D eigenvalue weighted by atomic mass is 9.83. The van der Waals surface area contributed by atoms with Crippen molar-refractivity contribution in [2.24, 2.45) is 0 Å². The first-order valence-electron chi connectivity index (χ1n) is 10.4. The topological polar surface area (TPSA) is 86.0 Å². The second kappa shape index (κ2) is 8.15. The van der Waals surface area contributed by atoms with Crippen molar-refractivity contribution in [3.63, 3.8) is 0 Å². The van der Waals surface area contributed by atoms with E-state index >= 15 is 0 Å². The summed E-state index contributed by atoms with van der Waals surface area (Å²) in [5, 5.41) is 21.8. The molecule has 1 atom stereocenters. The van der Waals surface area contributed by atoms with E-state index in [-0.39, 0.29) is 0 Å². The van der Waals surface area contributed by atoms with Gasteiger partial charge in [0.1, 0.15) is 11.5 Å². The lowest BCUT2D eigenvalue weighted by Crippen LogP contribution is -2.56. The standard InChI is InChI=1S/C26H25N3O4/c1-25(2)26(31,19-7-5-6-18(16-19)17-27)29(21-10-14-23(33-4)15-11-21)24(30)28(25)20-8-12-22(32-3)13-9-20/h5-16,31H,1-4H3. The summed E-state index contributed by atoms with van der Waals surface area (Å²) in [7, 11) is 3.14. The van der Waals surface area contributed by atoms with Crippen molar-refractivity contribution in [1.82, 2.24) is 0 Å². The molecule has 1 fully saturated rings. The van der Waals surface area contributed by atoms with E-state index in [0.29, 0.717) is 34.0 Å². The maximum absolute atomic E-state index is 13.9. The summed E-state index contributed by atoms with van der Waals surface area (Å²) >= 11 is 0. The number of carbonyl (C=O) groups excluding carboxylic acids is 1. The van der Waals surface area contributed by atoms with Gasteiger partial charge in [-0.2, -0.15) is 5.26 Å². The molecular formula is C26H25N3O4. The number of benzene rings is 3. The van der Waals surface area contributed by atoms with Gasteiger partial charge in [0, 0.05) is 16.9 Å². The highest BCUT2D eigenvalue weighted by Crippen LogP contribution is 2.50. The summed E-state index contributed by atoms with van der Waals surface area (Å²) in [6.45, 7) is 3.61. The number of amides is 2. The van der Waals surface area contributed by atoms with Gasteiger partial charge in [-0.15, -0.1) is 0 Å². The van der Waals surface area contributed by atoms with Crippen molar-refractivity contribution in [2.45, 2.75) is 25.1 Å². The summed E-state index contributed by atoms with van der Waals surface area (Å²) in [5.41, 5.74) is -0.974. The number of nitrogens with zero attached hydrogens (tertiary/aromatic N) is 3. The molecule has 168 valence electrons. The van der Waals surface area contributed by atoms with Crippen LogP contribution in [0.25, 0.3) is 0 Å². The number of hydrogen-bond donors (Lipinski definition) is 1. The zero-order valence-corrected chi connectivity index (χ0v) is 18.9. The largest absolute Gasteiger partial charge is 0.497 e. The molecule has 0 spiro atoms. The minimum absolute atomic E-state index is 0.391. The van der Waals surface area contributed by atoms with E-state index in [9.17, 15) is 15.2 Å². The Labute approximate surface area is 193 Å². The quantitative estimate of drug-likeness (QED) is 0.621. The van der Waals surface area contributed by atoms with Crippen LogP contribution in [0.1, 0.15) is 25.0 Å². The summed E-state index contributed by atoms with van der Waals surface area (Å²) < 4.78 is 10.5. The van der Waals surface area contributed by atoms with Crippen molar-refractivity contribution in [1.29, 1.82) is 5.26 Å². The Balaban J connectivity index is 1.94. The number of carbonyl (C=O) groups is 1. The third-order valence-corrected chi connectivity index (χ3v) is 6.17. The molecule has 0 aromatic heterocycles. The fraction of sp³-hybridized carbons (Fsp3) is 0.231. The molecule has 1 aliphatic rings. The van der Waals surface area contributed by atoms with Gasteiger partial charge < -0.3 is 14.6 Å². The number of ether oxygens (including phenoxy) is 2. The van der Waals surface area contributed by atoms with E-state index in [4.69, 9.17) is 9.47 Å². The van der Waals surface area contributed by atoms with E-state index in [1.807, 2.05) is 0 Å². The Morgan fingerprint density at radius 3 is 1.85 bits per heavy atom. The molecule has 3 aromatic carbocycles. The lowest BCUT2D eigenvalue weighted by molar-refractivity contribution is -0.00249. The van der Waals surface area contributed by atoms with Gasteiger partial charge >= 0.3 is 6.03 Å². The van der Waals surface area contributed by atoms with Crippen molar-refractivity contribution < 1.29 is 19.4 Å².